The molecule has 1 aromatic carbocycles. The Bertz CT molecular complexity index is 532. The zero-order valence-electron chi connectivity index (χ0n) is 10.4. The van der Waals surface area contributed by atoms with Gasteiger partial charge in [-0.1, -0.05) is 25.4 Å². The molecule has 0 bridgehead atoms. The van der Waals surface area contributed by atoms with Crippen molar-refractivity contribution in [3.05, 3.63) is 28.8 Å². The van der Waals surface area contributed by atoms with Gasteiger partial charge in [-0.3, -0.25) is 4.79 Å². The number of thiocarbonyl (C=S) groups is 1. The minimum absolute atomic E-state index is 0.0198. The van der Waals surface area contributed by atoms with Gasteiger partial charge in [0.2, 0.25) is 5.91 Å². The number of carboxylic acids is 1. The van der Waals surface area contributed by atoms with Crippen LogP contribution in [-0.2, 0) is 4.79 Å². The smallest absolute Gasteiger partial charge is 0.337 e. The SMILES string of the molecule is CC(C)C(=O)NC(=S)Nc1ccc(Cl)cc1C(=O)O. The molecule has 0 saturated heterocycles. The van der Waals surface area contributed by atoms with E-state index in [9.17, 15) is 9.59 Å². The van der Waals surface area contributed by atoms with Crippen LogP contribution in [0.25, 0.3) is 0 Å². The van der Waals surface area contributed by atoms with Crippen LogP contribution in [0.3, 0.4) is 0 Å². The molecule has 0 spiro atoms. The second-order valence-electron chi connectivity index (χ2n) is 4.09. The maximum Gasteiger partial charge on any atom is 0.337 e. The van der Waals surface area contributed by atoms with Crippen LogP contribution in [0.15, 0.2) is 18.2 Å². The molecule has 102 valence electrons. The highest BCUT2D eigenvalue weighted by Crippen LogP contribution is 2.20. The van der Waals surface area contributed by atoms with E-state index in [4.69, 9.17) is 28.9 Å². The van der Waals surface area contributed by atoms with E-state index in [2.05, 4.69) is 10.6 Å². The van der Waals surface area contributed by atoms with E-state index >= 15 is 0 Å². The molecule has 1 rings (SSSR count). The molecule has 0 aliphatic heterocycles. The Morgan fingerprint density at radius 1 is 1.37 bits per heavy atom. The number of benzene rings is 1. The van der Waals surface area contributed by atoms with Gasteiger partial charge in [-0.25, -0.2) is 4.79 Å². The lowest BCUT2D eigenvalue weighted by Gasteiger charge is -2.13. The summed E-state index contributed by atoms with van der Waals surface area (Å²) in [7, 11) is 0. The maximum atomic E-state index is 11.4. The number of rotatable bonds is 3. The minimum Gasteiger partial charge on any atom is -0.478 e. The molecule has 0 heterocycles. The van der Waals surface area contributed by atoms with E-state index in [-0.39, 0.29) is 28.2 Å². The van der Waals surface area contributed by atoms with Gasteiger partial charge in [0.15, 0.2) is 5.11 Å². The molecule has 3 N–H and O–H groups in total. The van der Waals surface area contributed by atoms with Crippen molar-refractivity contribution in [1.29, 1.82) is 0 Å². The summed E-state index contributed by atoms with van der Waals surface area (Å²) in [5, 5.41) is 14.5. The number of carbonyl (C=O) groups is 2. The molecular formula is C12H13ClN2O3S. The van der Waals surface area contributed by atoms with E-state index in [1.54, 1.807) is 13.8 Å². The molecule has 0 saturated carbocycles. The molecule has 0 fully saturated rings. The van der Waals surface area contributed by atoms with Crippen LogP contribution in [0, 0.1) is 5.92 Å². The van der Waals surface area contributed by atoms with Crippen molar-refractivity contribution < 1.29 is 14.7 Å². The van der Waals surface area contributed by atoms with E-state index < -0.39 is 5.97 Å². The fourth-order valence-corrected chi connectivity index (χ4v) is 1.59. The summed E-state index contributed by atoms with van der Waals surface area (Å²) in [4.78, 5) is 22.5. The summed E-state index contributed by atoms with van der Waals surface area (Å²) in [5.41, 5.74) is 0.250. The van der Waals surface area contributed by atoms with Crippen LogP contribution in [-0.4, -0.2) is 22.1 Å². The van der Waals surface area contributed by atoms with Crippen LogP contribution >= 0.6 is 23.8 Å². The van der Waals surface area contributed by atoms with Crippen molar-refractivity contribution in [2.45, 2.75) is 13.8 Å². The Balaban J connectivity index is 2.85. The normalized spacial score (nSPS) is 10.1. The van der Waals surface area contributed by atoms with E-state index in [1.807, 2.05) is 0 Å². The Morgan fingerprint density at radius 3 is 2.53 bits per heavy atom. The van der Waals surface area contributed by atoms with Gasteiger partial charge in [0, 0.05) is 10.9 Å². The maximum absolute atomic E-state index is 11.4. The summed E-state index contributed by atoms with van der Waals surface area (Å²) in [6.45, 7) is 3.45. The number of amides is 1. The van der Waals surface area contributed by atoms with E-state index in [0.717, 1.165) is 0 Å². The third kappa shape index (κ3) is 4.50. The highest BCUT2D eigenvalue weighted by atomic mass is 35.5. The van der Waals surface area contributed by atoms with E-state index in [1.165, 1.54) is 18.2 Å². The summed E-state index contributed by atoms with van der Waals surface area (Å²) >= 11 is 10.7. The third-order valence-corrected chi connectivity index (χ3v) is 2.66. The highest BCUT2D eigenvalue weighted by Gasteiger charge is 2.13. The molecule has 5 nitrogen and oxygen atoms in total. The van der Waals surface area contributed by atoms with Gasteiger partial charge >= 0.3 is 5.97 Å². The topological polar surface area (TPSA) is 78.4 Å². The fraction of sp³-hybridized carbons (Fsp3) is 0.250. The lowest BCUT2D eigenvalue weighted by Crippen LogP contribution is -2.37. The van der Waals surface area contributed by atoms with Gasteiger partial charge in [-0.2, -0.15) is 0 Å². The second-order valence-corrected chi connectivity index (χ2v) is 4.94. The lowest BCUT2D eigenvalue weighted by atomic mass is 10.2. The molecule has 19 heavy (non-hydrogen) atoms. The van der Waals surface area contributed by atoms with Crippen LogP contribution in [0.4, 0.5) is 5.69 Å². The predicted octanol–water partition coefficient (Wildman–Crippen LogP) is 2.51. The highest BCUT2D eigenvalue weighted by molar-refractivity contribution is 7.80. The first-order valence-corrected chi connectivity index (χ1v) is 6.24. The Morgan fingerprint density at radius 2 is 2.00 bits per heavy atom. The van der Waals surface area contributed by atoms with Crippen LogP contribution in [0.5, 0.6) is 0 Å². The first-order valence-electron chi connectivity index (χ1n) is 5.46. The van der Waals surface area contributed by atoms with Gasteiger partial charge in [0.05, 0.1) is 11.3 Å². The number of carbonyl (C=O) groups excluding carboxylic acids is 1. The minimum atomic E-state index is -1.14. The number of hydrogen-bond donors (Lipinski definition) is 3. The Hall–Kier alpha value is -1.66. The van der Waals surface area contributed by atoms with Gasteiger partial charge < -0.3 is 15.7 Å². The number of nitrogens with one attached hydrogen (secondary N) is 2. The second kappa shape index (κ2) is 6.49. The average molecular weight is 301 g/mol. The molecule has 0 aliphatic rings. The fourth-order valence-electron chi connectivity index (χ4n) is 1.21. The van der Waals surface area contributed by atoms with Crippen molar-refractivity contribution >= 4 is 46.5 Å². The first kappa shape index (κ1) is 15.4. The molecular weight excluding hydrogens is 288 g/mol. The summed E-state index contributed by atoms with van der Waals surface area (Å²) in [5.74, 6) is -1.60. The van der Waals surface area contributed by atoms with Gasteiger partial charge in [-0.15, -0.1) is 0 Å². The third-order valence-electron chi connectivity index (χ3n) is 2.22. The number of carboxylic acid groups (broad SMARTS) is 1. The number of hydrogen-bond acceptors (Lipinski definition) is 3. The molecule has 0 aliphatic carbocycles. The molecule has 0 radical (unpaired) electrons. The predicted molar refractivity (Wildman–Crippen MR) is 77.6 cm³/mol. The average Bonchev–Trinajstić information content (AvgIpc) is 2.30. The monoisotopic (exact) mass is 300 g/mol. The molecule has 1 amide bonds. The van der Waals surface area contributed by atoms with Crippen molar-refractivity contribution in [1.82, 2.24) is 5.32 Å². The molecule has 1 aromatic rings. The van der Waals surface area contributed by atoms with Crippen molar-refractivity contribution in [3.63, 3.8) is 0 Å². The summed E-state index contributed by atoms with van der Waals surface area (Å²) in [6, 6.07) is 4.32. The van der Waals surface area contributed by atoms with Crippen molar-refractivity contribution in [2.24, 2.45) is 5.92 Å². The lowest BCUT2D eigenvalue weighted by molar-refractivity contribution is -0.122. The molecule has 0 atom stereocenters. The number of anilines is 1. The zero-order chi connectivity index (χ0) is 14.6. The number of aromatic carboxylic acids is 1. The van der Waals surface area contributed by atoms with E-state index in [0.29, 0.717) is 5.02 Å². The summed E-state index contributed by atoms with van der Waals surface area (Å²) < 4.78 is 0. The van der Waals surface area contributed by atoms with Crippen molar-refractivity contribution in [2.75, 3.05) is 5.32 Å². The molecule has 0 unspecified atom stereocenters. The van der Waals surface area contributed by atoms with Gasteiger partial charge in [0.25, 0.3) is 0 Å². The quantitative estimate of drug-likeness (QED) is 0.748. The molecule has 0 aromatic heterocycles. The van der Waals surface area contributed by atoms with Crippen LogP contribution in [0.2, 0.25) is 5.02 Å². The number of halogens is 1. The van der Waals surface area contributed by atoms with Crippen LogP contribution in [0.1, 0.15) is 24.2 Å². The standard InChI is InChI=1S/C12H13ClN2O3S/c1-6(2)10(16)15-12(19)14-9-4-3-7(13)5-8(9)11(17)18/h3-6H,1-2H3,(H,17,18)(H2,14,15,16,19). The first-order chi connectivity index (χ1) is 8.81. The zero-order valence-corrected chi connectivity index (χ0v) is 11.9. The largest absolute Gasteiger partial charge is 0.478 e. The van der Waals surface area contributed by atoms with Gasteiger partial charge in [-0.05, 0) is 30.4 Å². The van der Waals surface area contributed by atoms with Crippen LogP contribution < -0.4 is 10.6 Å². The molecule has 7 heteroatoms. The summed E-state index contributed by atoms with van der Waals surface area (Å²) in [6.07, 6.45) is 0. The van der Waals surface area contributed by atoms with Crippen molar-refractivity contribution in [3.8, 4) is 0 Å². The van der Waals surface area contributed by atoms with Gasteiger partial charge in [0.1, 0.15) is 0 Å². The Labute approximate surface area is 121 Å². The Kier molecular flexibility index (Phi) is 5.26.